The molecule has 18 heavy (non-hydrogen) atoms. The zero-order chi connectivity index (χ0) is 13.1. The van der Waals surface area contributed by atoms with Crippen molar-refractivity contribution in [3.63, 3.8) is 0 Å². The maximum Gasteiger partial charge on any atom is 0.311 e. The molecular formula is C10H11ClN4O3. The number of carbonyl (C=O) groups excluding carboxylic acids is 1. The van der Waals surface area contributed by atoms with Crippen molar-refractivity contribution in [2.24, 2.45) is 0 Å². The van der Waals surface area contributed by atoms with E-state index in [2.05, 4.69) is 15.6 Å². The van der Waals surface area contributed by atoms with Crippen molar-refractivity contribution >= 4 is 29.0 Å². The summed E-state index contributed by atoms with van der Waals surface area (Å²) in [6.07, 6.45) is 1.43. The Balaban J connectivity index is 2.24. The number of halogens is 1. The zero-order valence-corrected chi connectivity index (χ0v) is 10.1. The Kier molecular flexibility index (Phi) is 3.61. The second-order valence-electron chi connectivity index (χ2n) is 3.89. The number of nitrogens with one attached hydrogen (secondary N) is 2. The van der Waals surface area contributed by atoms with E-state index in [9.17, 15) is 14.9 Å². The number of amides is 1. The van der Waals surface area contributed by atoms with Gasteiger partial charge in [0.2, 0.25) is 11.7 Å². The third-order valence-electron chi connectivity index (χ3n) is 2.63. The fourth-order valence-corrected chi connectivity index (χ4v) is 1.90. The van der Waals surface area contributed by atoms with Crippen LogP contribution in [0, 0.1) is 10.1 Å². The highest BCUT2D eigenvalue weighted by atomic mass is 35.5. The predicted molar refractivity (Wildman–Crippen MR) is 65.6 cm³/mol. The minimum Gasteiger partial charge on any atom is -0.354 e. The summed E-state index contributed by atoms with van der Waals surface area (Å²) in [5, 5.41) is 16.4. The maximum atomic E-state index is 11.6. The summed E-state index contributed by atoms with van der Waals surface area (Å²) in [7, 11) is 0. The van der Waals surface area contributed by atoms with Gasteiger partial charge >= 0.3 is 5.69 Å². The van der Waals surface area contributed by atoms with Crippen molar-refractivity contribution in [2.75, 3.05) is 11.9 Å². The first kappa shape index (κ1) is 12.6. The highest BCUT2D eigenvalue weighted by molar-refractivity contribution is 6.29. The summed E-state index contributed by atoms with van der Waals surface area (Å²) in [6, 6.07) is 2.09. The SMILES string of the molecule is O=C1NCCCC1Nc1nc(Cl)ccc1[N+](=O)[O-]. The Morgan fingerprint density at radius 1 is 1.56 bits per heavy atom. The Bertz CT molecular complexity index is 494. The first-order valence-electron chi connectivity index (χ1n) is 5.43. The normalized spacial score (nSPS) is 19.2. The molecule has 1 atom stereocenters. The quantitative estimate of drug-likeness (QED) is 0.491. The molecule has 1 aliphatic rings. The van der Waals surface area contributed by atoms with Gasteiger partial charge in [-0.15, -0.1) is 0 Å². The van der Waals surface area contributed by atoms with Gasteiger partial charge < -0.3 is 10.6 Å². The van der Waals surface area contributed by atoms with E-state index in [-0.39, 0.29) is 22.6 Å². The largest absolute Gasteiger partial charge is 0.354 e. The molecule has 8 heteroatoms. The van der Waals surface area contributed by atoms with Crippen LogP contribution >= 0.6 is 11.6 Å². The van der Waals surface area contributed by atoms with Crippen molar-refractivity contribution in [1.82, 2.24) is 10.3 Å². The maximum absolute atomic E-state index is 11.6. The number of pyridine rings is 1. The van der Waals surface area contributed by atoms with Crippen LogP contribution in [0.5, 0.6) is 0 Å². The first-order chi connectivity index (χ1) is 8.58. The van der Waals surface area contributed by atoms with Gasteiger partial charge in [0.1, 0.15) is 11.2 Å². The fourth-order valence-electron chi connectivity index (χ4n) is 1.76. The molecule has 0 radical (unpaired) electrons. The molecule has 0 spiro atoms. The standard InChI is InChI=1S/C10H11ClN4O3/c11-8-4-3-7(15(17)18)9(14-8)13-6-2-1-5-12-10(6)16/h3-4,6H,1-2,5H2,(H,12,16)(H,13,14). The van der Waals surface area contributed by atoms with Crippen LogP contribution in [0.15, 0.2) is 12.1 Å². The van der Waals surface area contributed by atoms with Crippen LogP contribution < -0.4 is 10.6 Å². The number of rotatable bonds is 3. The van der Waals surface area contributed by atoms with Crippen molar-refractivity contribution in [1.29, 1.82) is 0 Å². The van der Waals surface area contributed by atoms with E-state index in [1.807, 2.05) is 0 Å². The van der Waals surface area contributed by atoms with Crippen LogP contribution in [0.25, 0.3) is 0 Å². The van der Waals surface area contributed by atoms with E-state index in [1.54, 1.807) is 0 Å². The molecule has 2 N–H and O–H groups in total. The van der Waals surface area contributed by atoms with Gasteiger partial charge in [-0.2, -0.15) is 0 Å². The number of hydrogen-bond acceptors (Lipinski definition) is 5. The van der Waals surface area contributed by atoms with Gasteiger partial charge in [-0.3, -0.25) is 14.9 Å². The van der Waals surface area contributed by atoms with E-state index >= 15 is 0 Å². The molecule has 0 aliphatic carbocycles. The molecule has 0 aromatic carbocycles. The number of piperidine rings is 1. The number of nitrogens with zero attached hydrogens (tertiary/aromatic N) is 2. The second-order valence-corrected chi connectivity index (χ2v) is 4.28. The summed E-state index contributed by atoms with van der Waals surface area (Å²) in [5.74, 6) is -0.160. The van der Waals surface area contributed by atoms with Crippen LogP contribution in [0.1, 0.15) is 12.8 Å². The van der Waals surface area contributed by atoms with Gasteiger partial charge in [-0.25, -0.2) is 4.98 Å². The Labute approximate surface area is 108 Å². The van der Waals surface area contributed by atoms with E-state index in [1.165, 1.54) is 12.1 Å². The Morgan fingerprint density at radius 2 is 2.33 bits per heavy atom. The lowest BCUT2D eigenvalue weighted by Gasteiger charge is -2.22. The van der Waals surface area contributed by atoms with Crippen molar-refractivity contribution in [3.8, 4) is 0 Å². The molecule has 1 aliphatic heterocycles. The summed E-state index contributed by atoms with van der Waals surface area (Å²) in [6.45, 7) is 0.627. The van der Waals surface area contributed by atoms with E-state index in [0.29, 0.717) is 13.0 Å². The van der Waals surface area contributed by atoms with Gasteiger partial charge in [0.05, 0.1) is 4.92 Å². The van der Waals surface area contributed by atoms with Crippen molar-refractivity contribution < 1.29 is 9.72 Å². The predicted octanol–water partition coefficient (Wildman–Crippen LogP) is 1.33. The summed E-state index contributed by atoms with van der Waals surface area (Å²) in [4.78, 5) is 25.7. The van der Waals surface area contributed by atoms with Crippen LogP contribution in [0.2, 0.25) is 5.15 Å². The monoisotopic (exact) mass is 270 g/mol. The van der Waals surface area contributed by atoms with Gasteiger partial charge in [0.15, 0.2) is 0 Å². The Hall–Kier alpha value is -1.89. The van der Waals surface area contributed by atoms with Crippen LogP contribution in [-0.2, 0) is 4.79 Å². The number of hydrogen-bond donors (Lipinski definition) is 2. The fraction of sp³-hybridized carbons (Fsp3) is 0.400. The molecule has 1 unspecified atom stereocenters. The smallest absolute Gasteiger partial charge is 0.311 e. The third-order valence-corrected chi connectivity index (χ3v) is 2.84. The minimum atomic E-state index is -0.563. The average molecular weight is 271 g/mol. The Morgan fingerprint density at radius 3 is 3.00 bits per heavy atom. The summed E-state index contributed by atoms with van der Waals surface area (Å²) >= 11 is 5.70. The lowest BCUT2D eigenvalue weighted by molar-refractivity contribution is -0.384. The van der Waals surface area contributed by atoms with Crippen LogP contribution in [0.3, 0.4) is 0 Å². The summed E-state index contributed by atoms with van der Waals surface area (Å²) < 4.78 is 0. The first-order valence-corrected chi connectivity index (χ1v) is 5.81. The molecule has 1 amide bonds. The van der Waals surface area contributed by atoms with Gasteiger partial charge in [-0.05, 0) is 18.9 Å². The average Bonchev–Trinajstić information content (AvgIpc) is 2.32. The molecule has 96 valence electrons. The van der Waals surface area contributed by atoms with Crippen LogP contribution in [-0.4, -0.2) is 28.4 Å². The molecule has 1 aromatic heterocycles. The molecule has 1 saturated heterocycles. The van der Waals surface area contributed by atoms with Crippen LogP contribution in [0.4, 0.5) is 11.5 Å². The second kappa shape index (κ2) is 5.18. The summed E-state index contributed by atoms with van der Waals surface area (Å²) in [5.41, 5.74) is -0.197. The molecular weight excluding hydrogens is 260 g/mol. The molecule has 1 aromatic rings. The minimum absolute atomic E-state index is 0.0227. The van der Waals surface area contributed by atoms with E-state index in [0.717, 1.165) is 6.42 Å². The number of anilines is 1. The van der Waals surface area contributed by atoms with Gasteiger partial charge in [-0.1, -0.05) is 11.6 Å². The van der Waals surface area contributed by atoms with Gasteiger partial charge in [0.25, 0.3) is 0 Å². The van der Waals surface area contributed by atoms with Crippen molar-refractivity contribution in [2.45, 2.75) is 18.9 Å². The van der Waals surface area contributed by atoms with E-state index in [4.69, 9.17) is 11.6 Å². The molecule has 0 bridgehead atoms. The molecule has 0 saturated carbocycles. The molecule has 7 nitrogen and oxygen atoms in total. The van der Waals surface area contributed by atoms with Gasteiger partial charge in [0, 0.05) is 12.6 Å². The number of nitro groups is 1. The zero-order valence-electron chi connectivity index (χ0n) is 9.35. The van der Waals surface area contributed by atoms with E-state index < -0.39 is 11.0 Å². The highest BCUT2D eigenvalue weighted by Gasteiger charge is 2.25. The molecule has 2 heterocycles. The topological polar surface area (TPSA) is 97.2 Å². The molecule has 1 fully saturated rings. The van der Waals surface area contributed by atoms with Crippen molar-refractivity contribution in [3.05, 3.63) is 27.4 Å². The lowest BCUT2D eigenvalue weighted by Crippen LogP contribution is -2.44. The number of aromatic nitrogens is 1. The highest BCUT2D eigenvalue weighted by Crippen LogP contribution is 2.25. The number of carbonyl (C=O) groups is 1. The third kappa shape index (κ3) is 2.67. The lowest BCUT2D eigenvalue weighted by atomic mass is 10.1. The molecule has 2 rings (SSSR count).